The van der Waals surface area contributed by atoms with Gasteiger partial charge in [0.25, 0.3) is 0 Å². The molecule has 4 nitrogen and oxygen atoms in total. The van der Waals surface area contributed by atoms with E-state index in [-0.39, 0.29) is 0 Å². The lowest BCUT2D eigenvalue weighted by Gasteiger charge is -2.14. The summed E-state index contributed by atoms with van der Waals surface area (Å²) in [7, 11) is 0. The number of nitrogens with zero attached hydrogens (tertiary/aromatic N) is 4. The summed E-state index contributed by atoms with van der Waals surface area (Å²) >= 11 is 0. The molecule has 13 aromatic rings. The number of hydrogen-bond donors (Lipinski definition) is 0. The summed E-state index contributed by atoms with van der Waals surface area (Å²) in [4.78, 5) is 11.1. The molecule has 0 unspecified atom stereocenters. The van der Waals surface area contributed by atoms with Gasteiger partial charge in [0.05, 0.1) is 39.0 Å². The number of hydrogen-bond acceptors (Lipinski definition) is 2. The summed E-state index contributed by atoms with van der Waals surface area (Å²) in [6, 6.07) is 70.7. The van der Waals surface area contributed by atoms with Gasteiger partial charge in [-0.15, -0.1) is 0 Å². The van der Waals surface area contributed by atoms with Gasteiger partial charge >= 0.3 is 0 Å². The molecule has 0 saturated carbocycles. The summed E-state index contributed by atoms with van der Waals surface area (Å²) in [5, 5.41) is 13.1. The van der Waals surface area contributed by atoms with Crippen LogP contribution in [0.25, 0.3) is 132 Å². The molecular weight excluding hydrogens is 729 g/mol. The molecule has 0 amide bonds. The zero-order valence-corrected chi connectivity index (χ0v) is 32.3. The van der Waals surface area contributed by atoms with Gasteiger partial charge < -0.3 is 4.57 Å². The summed E-state index contributed by atoms with van der Waals surface area (Å²) < 4.78 is 4.77. The Bertz CT molecular complexity index is 3990. The standard InChI is InChI=1S/C56H32N4/c1-3-15-35-31-51-45(29-33(35)13-1)39-19-8-10-24-48(39)59(51)49-25-12-26-50-54(49)46-30-34-14-2-4-16-36(34)32-52(46)60(50)56-57-47-23-9-7-20-44(47)55(58-56)43-28-27-42-38-18-6-5-17-37(38)40-21-11-22-41(43)53(40)42/h1-32H. The molecule has 3 heterocycles. The van der Waals surface area contributed by atoms with Gasteiger partial charge in [-0.3, -0.25) is 4.57 Å². The van der Waals surface area contributed by atoms with Crippen molar-refractivity contribution in [2.24, 2.45) is 0 Å². The predicted octanol–water partition coefficient (Wildman–Crippen LogP) is 14.6. The Morgan fingerprint density at radius 2 is 0.850 bits per heavy atom. The average molecular weight is 761 g/mol. The van der Waals surface area contributed by atoms with E-state index in [4.69, 9.17) is 9.97 Å². The fraction of sp³-hybridized carbons (Fsp3) is 0. The summed E-state index contributed by atoms with van der Waals surface area (Å²) in [5.41, 5.74) is 13.7. The highest BCUT2D eigenvalue weighted by Crippen LogP contribution is 2.50. The Morgan fingerprint density at radius 3 is 1.63 bits per heavy atom. The molecular formula is C56H32N4. The normalized spacial score (nSPS) is 12.3. The van der Waals surface area contributed by atoms with Crippen LogP contribution < -0.4 is 0 Å². The number of rotatable bonds is 3. The highest BCUT2D eigenvalue weighted by Gasteiger charge is 2.26. The third-order valence-corrected chi connectivity index (χ3v) is 13.0. The van der Waals surface area contributed by atoms with Gasteiger partial charge in [0.15, 0.2) is 0 Å². The van der Waals surface area contributed by atoms with Gasteiger partial charge in [-0.05, 0) is 103 Å². The van der Waals surface area contributed by atoms with E-state index in [2.05, 4.69) is 203 Å². The fourth-order valence-corrected chi connectivity index (χ4v) is 10.4. The van der Waals surface area contributed by atoms with Crippen LogP contribution in [0.15, 0.2) is 194 Å². The molecule has 0 fully saturated rings. The average Bonchev–Trinajstić information content (AvgIpc) is 3.93. The van der Waals surface area contributed by atoms with Crippen molar-refractivity contribution in [2.45, 2.75) is 0 Å². The Kier molecular flexibility index (Phi) is 6.26. The molecule has 14 rings (SSSR count). The minimum absolute atomic E-state index is 0.649. The molecule has 0 bridgehead atoms. The van der Waals surface area contributed by atoms with Crippen molar-refractivity contribution in [2.75, 3.05) is 0 Å². The van der Waals surface area contributed by atoms with Crippen LogP contribution in [-0.4, -0.2) is 19.1 Å². The maximum Gasteiger partial charge on any atom is 0.235 e. The molecule has 10 aromatic carbocycles. The summed E-state index contributed by atoms with van der Waals surface area (Å²) in [6.07, 6.45) is 0. The van der Waals surface area contributed by atoms with Gasteiger partial charge in [-0.25, -0.2) is 9.97 Å². The van der Waals surface area contributed by atoms with E-state index in [0.717, 1.165) is 49.7 Å². The van der Waals surface area contributed by atoms with E-state index in [1.165, 1.54) is 76.4 Å². The van der Waals surface area contributed by atoms with Crippen molar-refractivity contribution in [1.29, 1.82) is 0 Å². The SMILES string of the molecule is c1ccc2c(c1)-c1cccc3c(-c4nc(-n5c6cc7ccccc7cc6c6c(-n7c8ccccc8c8cc9ccccc9cc87)cccc65)nc5ccccc45)ccc-2c13. The molecule has 4 heteroatoms. The van der Waals surface area contributed by atoms with E-state index in [9.17, 15) is 0 Å². The molecule has 60 heavy (non-hydrogen) atoms. The van der Waals surface area contributed by atoms with Crippen molar-refractivity contribution in [3.63, 3.8) is 0 Å². The van der Waals surface area contributed by atoms with Crippen molar-refractivity contribution >= 4 is 86.8 Å². The van der Waals surface area contributed by atoms with E-state index in [1.807, 2.05) is 0 Å². The topological polar surface area (TPSA) is 35.6 Å². The zero-order valence-electron chi connectivity index (χ0n) is 32.3. The first kappa shape index (κ1) is 31.9. The number of fused-ring (bicyclic) bond motifs is 12. The van der Waals surface area contributed by atoms with Gasteiger partial charge in [-0.2, -0.15) is 0 Å². The maximum atomic E-state index is 5.64. The second kappa shape index (κ2) is 11.8. The molecule has 0 radical (unpaired) electrons. The van der Waals surface area contributed by atoms with Crippen molar-refractivity contribution in [3.8, 4) is 45.1 Å². The molecule has 3 aromatic heterocycles. The largest absolute Gasteiger partial charge is 0.309 e. The van der Waals surface area contributed by atoms with Crippen LogP contribution in [-0.2, 0) is 0 Å². The predicted molar refractivity (Wildman–Crippen MR) is 251 cm³/mol. The van der Waals surface area contributed by atoms with Gasteiger partial charge in [-0.1, -0.05) is 146 Å². The van der Waals surface area contributed by atoms with E-state index < -0.39 is 0 Å². The van der Waals surface area contributed by atoms with Crippen LogP contribution in [0.5, 0.6) is 0 Å². The third-order valence-electron chi connectivity index (χ3n) is 13.0. The molecule has 0 aliphatic heterocycles. The highest BCUT2D eigenvalue weighted by molar-refractivity contribution is 6.21. The van der Waals surface area contributed by atoms with Crippen LogP contribution in [0.4, 0.5) is 0 Å². The number of aromatic nitrogens is 4. The Morgan fingerprint density at radius 1 is 0.300 bits per heavy atom. The lowest BCUT2D eigenvalue weighted by atomic mass is 9.95. The van der Waals surface area contributed by atoms with Crippen LogP contribution in [0, 0.1) is 0 Å². The smallest absolute Gasteiger partial charge is 0.235 e. The molecule has 0 N–H and O–H groups in total. The first-order chi connectivity index (χ1) is 29.8. The van der Waals surface area contributed by atoms with E-state index in [0.29, 0.717) is 5.95 Å². The second-order valence-electron chi connectivity index (χ2n) is 16.1. The lowest BCUT2D eigenvalue weighted by Crippen LogP contribution is -2.04. The minimum Gasteiger partial charge on any atom is -0.309 e. The first-order valence-electron chi connectivity index (χ1n) is 20.6. The highest BCUT2D eigenvalue weighted by atomic mass is 15.2. The van der Waals surface area contributed by atoms with Gasteiger partial charge in [0.1, 0.15) is 0 Å². The lowest BCUT2D eigenvalue weighted by molar-refractivity contribution is 1.01. The number of para-hydroxylation sites is 2. The number of benzene rings is 10. The van der Waals surface area contributed by atoms with Crippen molar-refractivity contribution in [1.82, 2.24) is 19.1 Å². The Hall–Kier alpha value is -8.08. The van der Waals surface area contributed by atoms with Crippen LogP contribution >= 0.6 is 0 Å². The minimum atomic E-state index is 0.649. The summed E-state index contributed by atoms with van der Waals surface area (Å²) in [6.45, 7) is 0. The molecule has 0 saturated heterocycles. The molecule has 0 atom stereocenters. The second-order valence-corrected chi connectivity index (χ2v) is 16.1. The van der Waals surface area contributed by atoms with Gasteiger partial charge in [0.2, 0.25) is 5.95 Å². The molecule has 1 aliphatic rings. The summed E-state index contributed by atoms with van der Waals surface area (Å²) in [5.74, 6) is 0.649. The Labute approximate surface area is 343 Å². The van der Waals surface area contributed by atoms with E-state index in [1.54, 1.807) is 0 Å². The molecule has 0 spiro atoms. The van der Waals surface area contributed by atoms with Crippen LogP contribution in [0.2, 0.25) is 0 Å². The van der Waals surface area contributed by atoms with Crippen LogP contribution in [0.1, 0.15) is 0 Å². The monoisotopic (exact) mass is 760 g/mol. The maximum absolute atomic E-state index is 5.64. The van der Waals surface area contributed by atoms with Crippen molar-refractivity contribution < 1.29 is 0 Å². The fourth-order valence-electron chi connectivity index (χ4n) is 10.4. The zero-order chi connectivity index (χ0) is 39.1. The molecule has 276 valence electrons. The van der Waals surface area contributed by atoms with E-state index >= 15 is 0 Å². The van der Waals surface area contributed by atoms with Gasteiger partial charge in [0, 0.05) is 32.5 Å². The van der Waals surface area contributed by atoms with Crippen LogP contribution in [0.3, 0.4) is 0 Å². The molecule has 1 aliphatic carbocycles. The van der Waals surface area contributed by atoms with Crippen molar-refractivity contribution in [3.05, 3.63) is 194 Å². The quantitative estimate of drug-likeness (QED) is 0.180. The first-order valence-corrected chi connectivity index (χ1v) is 20.6. The third kappa shape index (κ3) is 4.24. The Balaban J connectivity index is 1.10.